The third-order valence-electron chi connectivity index (χ3n) is 2.84. The smallest absolute Gasteiger partial charge is 0.261 e. The Hall–Kier alpha value is -1.08. The highest BCUT2D eigenvalue weighted by molar-refractivity contribution is 9.10. The summed E-state index contributed by atoms with van der Waals surface area (Å²) in [6.45, 7) is 0.530. The van der Waals surface area contributed by atoms with Gasteiger partial charge in [0.25, 0.3) is 10.0 Å². The fourth-order valence-electron chi connectivity index (χ4n) is 1.78. The molecule has 3 N–H and O–H groups in total. The van der Waals surface area contributed by atoms with Gasteiger partial charge in [-0.05, 0) is 64.8 Å². The molecule has 0 bridgehead atoms. The molecule has 0 amide bonds. The summed E-state index contributed by atoms with van der Waals surface area (Å²) < 4.78 is 27.8. The number of hydrogen-bond donors (Lipinski definition) is 2. The van der Waals surface area contributed by atoms with Crippen molar-refractivity contribution in [3.05, 3.63) is 57.5 Å². The molecular weight excluding hydrogens is 376 g/mol. The van der Waals surface area contributed by atoms with E-state index in [1.807, 2.05) is 0 Å². The van der Waals surface area contributed by atoms with Crippen LogP contribution in [0.3, 0.4) is 0 Å². The second-order valence-corrected chi connectivity index (χ2v) is 7.36. The van der Waals surface area contributed by atoms with Gasteiger partial charge in [0.2, 0.25) is 0 Å². The summed E-state index contributed by atoms with van der Waals surface area (Å²) in [5, 5.41) is 0.438. The summed E-state index contributed by atoms with van der Waals surface area (Å²) in [5.41, 5.74) is 6.88. The Kier molecular flexibility index (Phi) is 5.27. The molecule has 2 rings (SSSR count). The van der Waals surface area contributed by atoms with Gasteiger partial charge in [0, 0.05) is 4.47 Å². The van der Waals surface area contributed by atoms with Crippen molar-refractivity contribution in [2.45, 2.75) is 11.3 Å². The number of nitrogens with one attached hydrogen (secondary N) is 1. The lowest BCUT2D eigenvalue weighted by atomic mass is 10.2. The van der Waals surface area contributed by atoms with E-state index in [0.717, 1.165) is 12.0 Å². The number of rotatable bonds is 5. The van der Waals surface area contributed by atoms with E-state index in [1.165, 1.54) is 0 Å². The van der Waals surface area contributed by atoms with Crippen LogP contribution in [0, 0.1) is 0 Å². The molecule has 112 valence electrons. The maximum Gasteiger partial charge on any atom is 0.261 e. The average molecular weight is 390 g/mol. The normalized spacial score (nSPS) is 11.4. The van der Waals surface area contributed by atoms with Gasteiger partial charge in [0.05, 0.1) is 15.6 Å². The van der Waals surface area contributed by atoms with Crippen LogP contribution in [0.15, 0.2) is 51.8 Å². The molecule has 0 saturated heterocycles. The second-order valence-electron chi connectivity index (χ2n) is 4.42. The van der Waals surface area contributed by atoms with E-state index in [9.17, 15) is 8.42 Å². The van der Waals surface area contributed by atoms with Gasteiger partial charge < -0.3 is 5.73 Å². The third kappa shape index (κ3) is 4.20. The zero-order valence-electron chi connectivity index (χ0n) is 11.0. The van der Waals surface area contributed by atoms with Gasteiger partial charge in [0.15, 0.2) is 0 Å². The number of nitrogens with two attached hydrogens (primary N) is 1. The van der Waals surface area contributed by atoms with E-state index in [4.69, 9.17) is 17.3 Å². The minimum Gasteiger partial charge on any atom is -0.330 e. The maximum absolute atomic E-state index is 12.3. The lowest BCUT2D eigenvalue weighted by molar-refractivity contribution is 0.601. The molecule has 0 saturated carbocycles. The van der Waals surface area contributed by atoms with Gasteiger partial charge in [-0.25, -0.2) is 8.42 Å². The molecule has 0 unspecified atom stereocenters. The van der Waals surface area contributed by atoms with Crippen molar-refractivity contribution in [2.24, 2.45) is 5.73 Å². The van der Waals surface area contributed by atoms with E-state index in [2.05, 4.69) is 20.7 Å². The van der Waals surface area contributed by atoms with E-state index < -0.39 is 10.0 Å². The Morgan fingerprint density at radius 1 is 1.14 bits per heavy atom. The Morgan fingerprint density at radius 3 is 2.38 bits per heavy atom. The molecule has 2 aromatic carbocycles. The molecule has 0 spiro atoms. The van der Waals surface area contributed by atoms with Crippen molar-refractivity contribution in [3.8, 4) is 0 Å². The first kappa shape index (κ1) is 16.3. The van der Waals surface area contributed by atoms with Crippen LogP contribution >= 0.6 is 27.5 Å². The predicted molar refractivity (Wildman–Crippen MR) is 89.2 cm³/mol. The minimum atomic E-state index is -3.63. The zero-order chi connectivity index (χ0) is 15.5. The lowest BCUT2D eigenvalue weighted by Crippen LogP contribution is -2.13. The molecule has 4 nitrogen and oxygen atoms in total. The predicted octanol–water partition coefficient (Wildman–Crippen LogP) is 3.40. The summed E-state index contributed by atoms with van der Waals surface area (Å²) in [4.78, 5) is 0.197. The number of sulfonamides is 1. The van der Waals surface area contributed by atoms with Crippen molar-refractivity contribution in [2.75, 3.05) is 11.3 Å². The molecular formula is C14H14BrClN2O2S. The van der Waals surface area contributed by atoms with E-state index in [0.29, 0.717) is 21.7 Å². The molecule has 0 heterocycles. The van der Waals surface area contributed by atoms with Crippen LogP contribution in [0.25, 0.3) is 0 Å². The van der Waals surface area contributed by atoms with Crippen molar-refractivity contribution in [3.63, 3.8) is 0 Å². The quantitative estimate of drug-likeness (QED) is 0.823. The maximum atomic E-state index is 12.3. The summed E-state index contributed by atoms with van der Waals surface area (Å²) in [5.74, 6) is 0. The molecule has 2 aromatic rings. The molecule has 7 heteroatoms. The van der Waals surface area contributed by atoms with E-state index in [-0.39, 0.29) is 4.90 Å². The van der Waals surface area contributed by atoms with Crippen LogP contribution in [0.2, 0.25) is 5.02 Å². The van der Waals surface area contributed by atoms with Gasteiger partial charge in [-0.1, -0.05) is 23.7 Å². The van der Waals surface area contributed by atoms with Crippen molar-refractivity contribution in [1.29, 1.82) is 0 Å². The van der Waals surface area contributed by atoms with E-state index >= 15 is 0 Å². The summed E-state index contributed by atoms with van der Waals surface area (Å²) in [6.07, 6.45) is 0.718. The summed E-state index contributed by atoms with van der Waals surface area (Å²) in [6, 6.07) is 11.5. The lowest BCUT2D eigenvalue weighted by Gasteiger charge is -2.09. The number of anilines is 1. The molecule has 0 aliphatic carbocycles. The van der Waals surface area contributed by atoms with Crippen molar-refractivity contribution in [1.82, 2.24) is 0 Å². The number of hydrogen-bond acceptors (Lipinski definition) is 3. The Labute approximate surface area is 137 Å². The molecule has 0 aliphatic rings. The molecule has 21 heavy (non-hydrogen) atoms. The van der Waals surface area contributed by atoms with Gasteiger partial charge in [-0.15, -0.1) is 0 Å². The highest BCUT2D eigenvalue weighted by atomic mass is 79.9. The van der Waals surface area contributed by atoms with Crippen molar-refractivity contribution >= 4 is 43.2 Å². The highest BCUT2D eigenvalue weighted by Crippen LogP contribution is 2.26. The summed E-state index contributed by atoms with van der Waals surface area (Å²) >= 11 is 9.21. The second kappa shape index (κ2) is 6.79. The van der Waals surface area contributed by atoms with Crippen molar-refractivity contribution < 1.29 is 8.42 Å². The van der Waals surface area contributed by atoms with Crippen LogP contribution in [0.4, 0.5) is 5.69 Å². The fraction of sp³-hybridized carbons (Fsp3) is 0.143. The van der Waals surface area contributed by atoms with Gasteiger partial charge in [0.1, 0.15) is 0 Å². The zero-order valence-corrected chi connectivity index (χ0v) is 14.2. The first-order chi connectivity index (χ1) is 9.92. The first-order valence-electron chi connectivity index (χ1n) is 6.19. The van der Waals surface area contributed by atoms with Crippen LogP contribution < -0.4 is 10.5 Å². The molecule has 0 radical (unpaired) electrons. The molecule has 0 aromatic heterocycles. The van der Waals surface area contributed by atoms with Crippen LogP contribution in [0.5, 0.6) is 0 Å². The van der Waals surface area contributed by atoms with E-state index in [1.54, 1.807) is 42.5 Å². The average Bonchev–Trinajstić information content (AvgIpc) is 2.44. The van der Waals surface area contributed by atoms with Gasteiger partial charge in [-0.3, -0.25) is 4.72 Å². The largest absolute Gasteiger partial charge is 0.330 e. The third-order valence-corrected chi connectivity index (χ3v) is 5.47. The molecule has 0 aliphatic heterocycles. The number of benzene rings is 2. The van der Waals surface area contributed by atoms with Crippen LogP contribution in [-0.4, -0.2) is 15.0 Å². The monoisotopic (exact) mass is 388 g/mol. The fourth-order valence-corrected chi connectivity index (χ4v) is 3.25. The van der Waals surface area contributed by atoms with Crippen LogP contribution in [-0.2, 0) is 16.4 Å². The van der Waals surface area contributed by atoms with Gasteiger partial charge in [-0.2, -0.15) is 0 Å². The standard InChI is InChI=1S/C14H14BrClN2O2S/c15-13-6-3-11(9-14(13)16)18-21(19,20)12-4-1-10(2-5-12)7-8-17/h1-6,9,18H,7-8,17H2. The first-order valence-corrected chi connectivity index (χ1v) is 8.84. The Morgan fingerprint density at radius 2 is 1.81 bits per heavy atom. The Balaban J connectivity index is 2.23. The highest BCUT2D eigenvalue weighted by Gasteiger charge is 2.14. The molecule has 0 atom stereocenters. The minimum absolute atomic E-state index is 0.197. The molecule has 0 fully saturated rings. The Bertz CT molecular complexity index is 733. The SMILES string of the molecule is NCCc1ccc(S(=O)(=O)Nc2ccc(Br)c(Cl)c2)cc1. The summed E-state index contributed by atoms with van der Waals surface area (Å²) in [7, 11) is -3.63. The van der Waals surface area contributed by atoms with Gasteiger partial charge >= 0.3 is 0 Å². The van der Waals surface area contributed by atoms with Crippen LogP contribution in [0.1, 0.15) is 5.56 Å². The topological polar surface area (TPSA) is 72.2 Å². The number of halogens is 2.